The van der Waals surface area contributed by atoms with E-state index in [4.69, 9.17) is 10.1 Å². The van der Waals surface area contributed by atoms with Crippen LogP contribution in [0.25, 0.3) is 42.2 Å². The number of allylic oxidation sites excluding steroid dienone is 2. The molecule has 3 nitrogen and oxygen atoms in total. The van der Waals surface area contributed by atoms with Crippen molar-refractivity contribution in [3.05, 3.63) is 89.3 Å². The molecule has 0 unspecified atom stereocenters. The number of fused-ring (bicyclic) bond motifs is 5. The minimum Gasteiger partial charge on any atom is -0.512 e. The van der Waals surface area contributed by atoms with Gasteiger partial charge in [0.25, 0.3) is 0 Å². The summed E-state index contributed by atoms with van der Waals surface area (Å²) >= 11 is 1.93. The third-order valence-electron chi connectivity index (χ3n) is 7.16. The molecular weight excluding hydrogens is 679 g/mol. The molecule has 0 atom stereocenters. The molecule has 2 heterocycles. The first kappa shape index (κ1) is 29.1. The number of aliphatic hydroxyl groups excluding tert-OH is 1. The van der Waals surface area contributed by atoms with Crippen LogP contribution in [0.15, 0.2) is 66.6 Å². The first-order valence-corrected chi connectivity index (χ1v) is 14.1. The molecule has 0 saturated heterocycles. The molecule has 203 valence electrons. The van der Waals surface area contributed by atoms with Crippen molar-refractivity contribution in [1.82, 2.24) is 4.98 Å². The summed E-state index contributed by atoms with van der Waals surface area (Å²) in [4.78, 5) is 14.8. The van der Waals surface area contributed by atoms with Crippen molar-refractivity contribution >= 4 is 48.1 Å². The quantitative estimate of drug-likeness (QED) is 0.113. The van der Waals surface area contributed by atoms with Crippen molar-refractivity contribution in [2.24, 2.45) is 0 Å². The van der Waals surface area contributed by atoms with Crippen LogP contribution in [-0.2, 0) is 43.2 Å². The van der Waals surface area contributed by atoms with Crippen molar-refractivity contribution in [2.75, 3.05) is 0 Å². The summed E-state index contributed by atoms with van der Waals surface area (Å²) in [5.74, 6) is -0.0625. The van der Waals surface area contributed by atoms with Gasteiger partial charge in [-0.2, -0.15) is 0 Å². The van der Waals surface area contributed by atoms with Gasteiger partial charge in [0.15, 0.2) is 5.78 Å². The molecule has 1 aliphatic rings. The van der Waals surface area contributed by atoms with Gasteiger partial charge in [0.05, 0.1) is 5.76 Å². The molecule has 1 N–H and O–H groups in total. The van der Waals surface area contributed by atoms with Crippen molar-refractivity contribution in [2.45, 2.75) is 65.7 Å². The van der Waals surface area contributed by atoms with E-state index in [-0.39, 0.29) is 37.1 Å². The number of aliphatic hydroxyl groups is 1. The molecule has 0 fully saturated rings. The van der Waals surface area contributed by atoms with E-state index in [0.29, 0.717) is 0 Å². The molecule has 39 heavy (non-hydrogen) atoms. The predicted octanol–water partition coefficient (Wildman–Crippen LogP) is 9.28. The van der Waals surface area contributed by atoms with E-state index in [2.05, 4.69) is 75.4 Å². The molecule has 2 aromatic heterocycles. The number of aromatic nitrogens is 1. The Labute approximate surface area is 248 Å². The number of rotatable bonds is 2. The average Bonchev–Trinajstić information content (AvgIpc) is 3.21. The summed E-state index contributed by atoms with van der Waals surface area (Å²) in [6.45, 7) is 9.57. The van der Waals surface area contributed by atoms with Crippen molar-refractivity contribution < 1.29 is 30.0 Å². The monoisotopic (exact) mass is 713 g/mol. The van der Waals surface area contributed by atoms with Crippen molar-refractivity contribution in [1.29, 1.82) is 0 Å². The first-order chi connectivity index (χ1) is 18.1. The molecule has 0 amide bonds. The van der Waals surface area contributed by atoms with E-state index in [1.54, 1.807) is 11.1 Å². The molecular formula is C34H34IrNO2S-. The van der Waals surface area contributed by atoms with E-state index >= 15 is 0 Å². The topological polar surface area (TPSA) is 50.2 Å². The zero-order valence-corrected chi connectivity index (χ0v) is 26.4. The Morgan fingerprint density at radius 2 is 1.62 bits per heavy atom. The van der Waals surface area contributed by atoms with Crippen LogP contribution in [0.5, 0.6) is 0 Å². The van der Waals surface area contributed by atoms with Gasteiger partial charge in [-0.15, -0.1) is 46.7 Å². The van der Waals surface area contributed by atoms with Gasteiger partial charge in [0.1, 0.15) is 0 Å². The molecule has 3 aromatic carbocycles. The number of nitrogens with zero attached hydrogens (tertiary/aromatic N) is 1. The number of aryl methyl sites for hydroxylation is 2. The standard InChI is InChI=1S/C29H26NS.C5H8O2.Ir/c1-29(2,3)22-10-8-18(9-11-22)28-23-17-25-24-14-19-6-4-5-7-20(19)15-26(24)31-27(25)16-21(23)12-13-30-28;1-4(6)3-5(2)7;/h8,10-17H,4-7H2,1-3H3;3,6H,1-2H3;/q-1;;/b;4-3-;. The van der Waals surface area contributed by atoms with Gasteiger partial charge >= 0.3 is 0 Å². The number of hydrogen-bond donors (Lipinski definition) is 1. The smallest absolute Gasteiger partial charge is 0.155 e. The number of hydrogen-bond acceptors (Lipinski definition) is 4. The molecule has 0 bridgehead atoms. The Kier molecular flexibility index (Phi) is 8.75. The number of benzene rings is 3. The van der Waals surface area contributed by atoms with Crippen LogP contribution in [0.3, 0.4) is 0 Å². The molecule has 1 radical (unpaired) electrons. The van der Waals surface area contributed by atoms with E-state index in [1.165, 1.54) is 82.1 Å². The van der Waals surface area contributed by atoms with Crippen LogP contribution in [0.2, 0.25) is 0 Å². The van der Waals surface area contributed by atoms with Gasteiger partial charge in [-0.25, -0.2) is 0 Å². The van der Waals surface area contributed by atoms with Crippen LogP contribution in [0, 0.1) is 6.07 Å². The molecule has 5 aromatic rings. The van der Waals surface area contributed by atoms with E-state index in [1.807, 2.05) is 17.5 Å². The number of thiophene rings is 1. The SMILES string of the molecule is CC(=O)/C=C(/C)O.CC(C)(C)c1c[c-]c(-c2nccc3cc4sc5cc6c(cc5c4cc23)CCCC6)cc1.[Ir]. The molecule has 0 saturated carbocycles. The fourth-order valence-corrected chi connectivity index (χ4v) is 6.40. The van der Waals surface area contributed by atoms with Crippen LogP contribution >= 0.6 is 11.3 Å². The summed E-state index contributed by atoms with van der Waals surface area (Å²) < 4.78 is 2.79. The third kappa shape index (κ3) is 6.32. The fourth-order valence-electron chi connectivity index (χ4n) is 5.22. The van der Waals surface area contributed by atoms with E-state index in [0.717, 1.165) is 11.3 Å². The normalized spacial score (nSPS) is 13.5. The number of carbonyl (C=O) groups is 1. The second-order valence-corrected chi connectivity index (χ2v) is 12.4. The van der Waals surface area contributed by atoms with Gasteiger partial charge in [-0.1, -0.05) is 26.8 Å². The Balaban J connectivity index is 0.000000394. The Morgan fingerprint density at radius 3 is 2.21 bits per heavy atom. The summed E-state index contributed by atoms with van der Waals surface area (Å²) in [6, 6.07) is 21.8. The average molecular weight is 713 g/mol. The minimum absolute atomic E-state index is 0. The molecule has 6 rings (SSSR count). The maximum absolute atomic E-state index is 10.0. The largest absolute Gasteiger partial charge is 0.512 e. The maximum Gasteiger partial charge on any atom is 0.155 e. The van der Waals surface area contributed by atoms with Crippen LogP contribution in [-0.4, -0.2) is 15.9 Å². The van der Waals surface area contributed by atoms with Gasteiger partial charge < -0.3 is 10.1 Å². The summed E-state index contributed by atoms with van der Waals surface area (Å²) in [7, 11) is 0. The van der Waals surface area contributed by atoms with Gasteiger partial charge in [-0.3, -0.25) is 4.79 Å². The predicted molar refractivity (Wildman–Crippen MR) is 161 cm³/mol. The molecule has 0 spiro atoms. The summed E-state index contributed by atoms with van der Waals surface area (Å²) in [5, 5.41) is 13.6. The van der Waals surface area contributed by atoms with Crippen LogP contribution in [0.4, 0.5) is 0 Å². The fraction of sp³-hybridized carbons (Fsp3) is 0.294. The van der Waals surface area contributed by atoms with Gasteiger partial charge in [0, 0.05) is 52.6 Å². The molecule has 5 heteroatoms. The van der Waals surface area contributed by atoms with Crippen LogP contribution < -0.4 is 0 Å². The van der Waals surface area contributed by atoms with Gasteiger partial charge in [0.2, 0.25) is 0 Å². The second-order valence-electron chi connectivity index (χ2n) is 11.3. The third-order valence-corrected chi connectivity index (χ3v) is 8.28. The Hall–Kier alpha value is -2.85. The zero-order valence-electron chi connectivity index (χ0n) is 23.1. The van der Waals surface area contributed by atoms with Crippen molar-refractivity contribution in [3.8, 4) is 11.3 Å². The minimum atomic E-state index is -0.125. The Bertz CT molecular complexity index is 1690. The van der Waals surface area contributed by atoms with E-state index in [9.17, 15) is 4.79 Å². The number of carbonyl (C=O) groups excluding carboxylic acids is 1. The second kappa shape index (κ2) is 11.7. The molecule has 1 aliphatic carbocycles. The van der Waals surface area contributed by atoms with E-state index < -0.39 is 0 Å². The number of ketones is 1. The van der Waals surface area contributed by atoms with Crippen molar-refractivity contribution in [3.63, 3.8) is 0 Å². The maximum atomic E-state index is 10.0. The zero-order chi connectivity index (χ0) is 27.0. The van der Waals surface area contributed by atoms with Gasteiger partial charge in [-0.05, 0) is 96.8 Å². The summed E-state index contributed by atoms with van der Waals surface area (Å²) in [5.41, 5.74) is 6.63. The first-order valence-electron chi connectivity index (χ1n) is 13.3. The number of pyridine rings is 1. The summed E-state index contributed by atoms with van der Waals surface area (Å²) in [6.07, 6.45) is 8.19. The Morgan fingerprint density at radius 1 is 0.949 bits per heavy atom. The molecule has 0 aliphatic heterocycles. The van der Waals surface area contributed by atoms with Crippen LogP contribution in [0.1, 0.15) is 64.2 Å².